The lowest BCUT2D eigenvalue weighted by atomic mass is 10.3. The van der Waals surface area contributed by atoms with Crippen LogP contribution in [-0.2, 0) is 20.8 Å². The average molecular weight is 314 g/mol. The molecule has 0 aromatic carbocycles. The molecule has 0 aliphatic rings. The van der Waals surface area contributed by atoms with Crippen LogP contribution in [-0.4, -0.2) is 67.2 Å². The van der Waals surface area contributed by atoms with Crippen LogP contribution in [0.3, 0.4) is 0 Å². The maximum absolute atomic E-state index is 5.47. The molecule has 7 nitrogen and oxygen atoms in total. The van der Waals surface area contributed by atoms with Crippen molar-refractivity contribution in [1.29, 1.82) is 0 Å². The first-order valence-corrected chi connectivity index (χ1v) is 8.05. The molecule has 0 aliphatic heterocycles. The third kappa shape index (κ3) is 9.83. The zero-order chi connectivity index (χ0) is 16.0. The van der Waals surface area contributed by atoms with E-state index in [4.69, 9.17) is 14.2 Å². The lowest BCUT2D eigenvalue weighted by Crippen LogP contribution is -2.29. The van der Waals surface area contributed by atoms with Gasteiger partial charge in [0.15, 0.2) is 0 Å². The summed E-state index contributed by atoms with van der Waals surface area (Å²) in [5.74, 6) is 0. The number of hydrogen-bond acceptors (Lipinski definition) is 6. The Morgan fingerprint density at radius 3 is 2.32 bits per heavy atom. The van der Waals surface area contributed by atoms with Gasteiger partial charge in [-0.3, -0.25) is 0 Å². The summed E-state index contributed by atoms with van der Waals surface area (Å²) in [5.41, 5.74) is 0.919. The van der Waals surface area contributed by atoms with Gasteiger partial charge in [0.2, 0.25) is 0 Å². The van der Waals surface area contributed by atoms with E-state index in [1.165, 1.54) is 0 Å². The summed E-state index contributed by atoms with van der Waals surface area (Å²) in [6.45, 7) is 11.6. The quantitative estimate of drug-likeness (QED) is 0.517. The predicted molar refractivity (Wildman–Crippen MR) is 85.0 cm³/mol. The molecule has 0 radical (unpaired) electrons. The topological polar surface area (TPSA) is 70.4 Å². The molecule has 1 aromatic rings. The van der Waals surface area contributed by atoms with Gasteiger partial charge < -0.3 is 19.5 Å². The molecule has 0 aliphatic carbocycles. The van der Waals surface area contributed by atoms with E-state index in [-0.39, 0.29) is 0 Å². The molecule has 128 valence electrons. The summed E-state index contributed by atoms with van der Waals surface area (Å²) < 4.78 is 18.1. The van der Waals surface area contributed by atoms with Crippen LogP contribution in [0, 0.1) is 6.92 Å². The van der Waals surface area contributed by atoms with E-state index in [0.29, 0.717) is 45.6 Å². The second-order valence-electron chi connectivity index (χ2n) is 5.22. The molecule has 0 amide bonds. The fraction of sp³-hybridized carbons (Fsp3) is 0.867. The highest BCUT2D eigenvalue weighted by molar-refractivity contribution is 4.86. The van der Waals surface area contributed by atoms with Gasteiger partial charge in [-0.1, -0.05) is 12.1 Å². The normalized spacial score (nSPS) is 12.7. The highest BCUT2D eigenvalue weighted by Gasteiger charge is 1.97. The van der Waals surface area contributed by atoms with Gasteiger partial charge in [-0.2, -0.15) is 0 Å². The van der Waals surface area contributed by atoms with E-state index >= 15 is 0 Å². The molecule has 0 saturated carbocycles. The monoisotopic (exact) mass is 314 g/mol. The summed E-state index contributed by atoms with van der Waals surface area (Å²) in [7, 11) is 0. The molecule has 1 N–H and O–H groups in total. The summed E-state index contributed by atoms with van der Waals surface area (Å²) >= 11 is 0. The molecule has 0 bridgehead atoms. The van der Waals surface area contributed by atoms with Crippen LogP contribution in [0.25, 0.3) is 0 Å². The van der Waals surface area contributed by atoms with Crippen molar-refractivity contribution in [2.75, 3.05) is 46.2 Å². The summed E-state index contributed by atoms with van der Waals surface area (Å²) in [6.07, 6.45) is 3.03. The lowest BCUT2D eigenvalue weighted by molar-refractivity contribution is 0.0131. The second kappa shape index (κ2) is 12.5. The van der Waals surface area contributed by atoms with Crippen LogP contribution < -0.4 is 5.32 Å². The Morgan fingerprint density at radius 2 is 1.73 bits per heavy atom. The summed E-state index contributed by atoms with van der Waals surface area (Å²) in [6, 6.07) is 0.554. The van der Waals surface area contributed by atoms with E-state index in [2.05, 4.69) is 29.5 Å². The van der Waals surface area contributed by atoms with E-state index in [0.717, 1.165) is 25.3 Å². The molecule has 1 heterocycles. The minimum absolute atomic E-state index is 0.554. The fourth-order valence-corrected chi connectivity index (χ4v) is 1.73. The molecular formula is C15H30N4O3. The van der Waals surface area contributed by atoms with Crippen molar-refractivity contribution in [2.45, 2.75) is 39.8 Å². The van der Waals surface area contributed by atoms with Crippen LogP contribution in [0.5, 0.6) is 0 Å². The Balaban J connectivity index is 1.76. The van der Waals surface area contributed by atoms with Crippen molar-refractivity contribution < 1.29 is 14.2 Å². The van der Waals surface area contributed by atoms with E-state index in [1.54, 1.807) is 4.68 Å². The molecular weight excluding hydrogens is 284 g/mol. The molecule has 1 atom stereocenters. The average Bonchev–Trinajstić information content (AvgIpc) is 2.93. The van der Waals surface area contributed by atoms with Crippen molar-refractivity contribution >= 4 is 0 Å². The SMILES string of the molecule is CCC(C)NCCOCCOCCOCCn1cc(C)nn1. The first kappa shape index (κ1) is 19.0. The highest BCUT2D eigenvalue weighted by atomic mass is 16.5. The zero-order valence-corrected chi connectivity index (χ0v) is 14.1. The first-order valence-electron chi connectivity index (χ1n) is 8.05. The predicted octanol–water partition coefficient (Wildman–Crippen LogP) is 1.02. The minimum Gasteiger partial charge on any atom is -0.378 e. The number of ether oxygens (including phenoxy) is 3. The van der Waals surface area contributed by atoms with Crippen molar-refractivity contribution in [3.8, 4) is 0 Å². The third-order valence-corrected chi connectivity index (χ3v) is 3.21. The van der Waals surface area contributed by atoms with E-state index < -0.39 is 0 Å². The Hall–Kier alpha value is -1.02. The molecule has 1 rings (SSSR count). The van der Waals surface area contributed by atoms with Gasteiger partial charge >= 0.3 is 0 Å². The van der Waals surface area contributed by atoms with Crippen LogP contribution in [0.4, 0.5) is 0 Å². The Labute approximate surface area is 133 Å². The van der Waals surface area contributed by atoms with E-state index in [9.17, 15) is 0 Å². The number of aromatic nitrogens is 3. The van der Waals surface area contributed by atoms with Gasteiger partial charge in [-0.15, -0.1) is 5.10 Å². The molecule has 1 unspecified atom stereocenters. The maximum Gasteiger partial charge on any atom is 0.0796 e. The first-order chi connectivity index (χ1) is 10.7. The van der Waals surface area contributed by atoms with Crippen LogP contribution in [0.1, 0.15) is 26.0 Å². The van der Waals surface area contributed by atoms with E-state index in [1.807, 2.05) is 13.1 Å². The van der Waals surface area contributed by atoms with Gasteiger partial charge in [0.1, 0.15) is 0 Å². The second-order valence-corrected chi connectivity index (χ2v) is 5.22. The highest BCUT2D eigenvalue weighted by Crippen LogP contribution is 1.90. The van der Waals surface area contributed by atoms with Crippen LogP contribution in [0.2, 0.25) is 0 Å². The number of hydrogen-bond donors (Lipinski definition) is 1. The molecule has 0 fully saturated rings. The largest absolute Gasteiger partial charge is 0.378 e. The van der Waals surface area contributed by atoms with Crippen molar-refractivity contribution in [1.82, 2.24) is 20.3 Å². The molecule has 22 heavy (non-hydrogen) atoms. The summed E-state index contributed by atoms with van der Waals surface area (Å²) in [5, 5.41) is 11.2. The maximum atomic E-state index is 5.47. The molecule has 1 aromatic heterocycles. The van der Waals surface area contributed by atoms with Crippen LogP contribution in [0.15, 0.2) is 6.20 Å². The van der Waals surface area contributed by atoms with Crippen molar-refractivity contribution in [2.24, 2.45) is 0 Å². The van der Waals surface area contributed by atoms with Gasteiger partial charge in [0.25, 0.3) is 0 Å². The van der Waals surface area contributed by atoms with Gasteiger partial charge in [-0.05, 0) is 20.3 Å². The number of aryl methyl sites for hydroxylation is 1. The number of nitrogens with one attached hydrogen (secondary N) is 1. The molecule has 0 spiro atoms. The Bertz CT molecular complexity index is 373. The Kier molecular flexibility index (Phi) is 10.8. The summed E-state index contributed by atoms with van der Waals surface area (Å²) in [4.78, 5) is 0. The van der Waals surface area contributed by atoms with Crippen molar-refractivity contribution in [3.63, 3.8) is 0 Å². The molecule has 7 heteroatoms. The number of nitrogens with zero attached hydrogens (tertiary/aromatic N) is 3. The third-order valence-electron chi connectivity index (χ3n) is 3.21. The van der Waals surface area contributed by atoms with Crippen LogP contribution >= 0.6 is 0 Å². The standard InChI is InChI=1S/C15H30N4O3/c1-4-14(2)16-5-7-20-9-11-22-12-10-21-8-6-19-13-15(3)17-18-19/h13-14,16H,4-12H2,1-3H3. The van der Waals surface area contributed by atoms with Gasteiger partial charge in [0, 0.05) is 18.8 Å². The zero-order valence-electron chi connectivity index (χ0n) is 14.1. The molecule has 0 saturated heterocycles. The van der Waals surface area contributed by atoms with Crippen molar-refractivity contribution in [3.05, 3.63) is 11.9 Å². The fourth-order valence-electron chi connectivity index (χ4n) is 1.73. The smallest absolute Gasteiger partial charge is 0.0796 e. The van der Waals surface area contributed by atoms with Gasteiger partial charge in [-0.25, -0.2) is 4.68 Å². The Morgan fingerprint density at radius 1 is 1.09 bits per heavy atom. The van der Waals surface area contributed by atoms with Gasteiger partial charge in [0.05, 0.1) is 51.9 Å². The lowest BCUT2D eigenvalue weighted by Gasteiger charge is -2.11. The number of rotatable bonds is 14. The minimum atomic E-state index is 0.554.